The number of carbonyl (C=O) groups excluding carboxylic acids is 1. The number of hydrogen-bond acceptors (Lipinski definition) is 2. The minimum atomic E-state index is -0.360. The second-order valence-corrected chi connectivity index (χ2v) is 2.76. The average Bonchev–Trinajstić information content (AvgIpc) is 2.47. The maximum absolute atomic E-state index is 11.3. The number of aryl methyl sites for hydroxylation is 2. The molecule has 0 aromatic carbocycles. The Balaban J connectivity index is 3.12. The fourth-order valence-electron chi connectivity index (χ4n) is 1.11. The lowest BCUT2D eigenvalue weighted by atomic mass is 10.3. The van der Waals surface area contributed by atoms with Gasteiger partial charge in [0, 0.05) is 6.07 Å². The van der Waals surface area contributed by atoms with Crippen molar-refractivity contribution in [3.05, 3.63) is 17.5 Å². The summed E-state index contributed by atoms with van der Waals surface area (Å²) in [6, 6.07) is 1.74. The normalized spacial score (nSPS) is 9.38. The van der Waals surface area contributed by atoms with Gasteiger partial charge in [0.2, 0.25) is 0 Å². The Labute approximate surface area is 81.3 Å². The van der Waals surface area contributed by atoms with E-state index in [9.17, 15) is 4.79 Å². The van der Waals surface area contributed by atoms with Crippen LogP contribution >= 0.6 is 12.2 Å². The van der Waals surface area contributed by atoms with Crippen LogP contribution in [0.5, 0.6) is 0 Å². The van der Waals surface area contributed by atoms with E-state index in [1.807, 2.05) is 13.8 Å². The smallest absolute Gasteiger partial charge is 0.259 e. The zero-order chi connectivity index (χ0) is 9.84. The summed E-state index contributed by atoms with van der Waals surface area (Å²) in [4.78, 5) is 14.7. The number of hydrogen-bond donors (Lipinski definition) is 1. The van der Waals surface area contributed by atoms with Crippen LogP contribution in [0.25, 0.3) is 0 Å². The topological polar surface area (TPSA) is 49.1 Å². The number of nitrogens with one attached hydrogen (secondary N) is 1. The molecule has 1 amide bonds. The molecule has 1 heterocycles. The highest BCUT2D eigenvalue weighted by Crippen LogP contribution is 1.97. The summed E-state index contributed by atoms with van der Waals surface area (Å²) in [6.07, 6.45) is 0. The molecule has 0 aliphatic rings. The molecule has 13 heavy (non-hydrogen) atoms. The second kappa shape index (κ2) is 4.07. The van der Waals surface area contributed by atoms with Gasteiger partial charge < -0.3 is 0 Å². The molecule has 68 valence electrons. The van der Waals surface area contributed by atoms with Crippen LogP contribution in [0.2, 0.25) is 0 Å². The first kappa shape index (κ1) is 9.77. The Hall–Kier alpha value is -1.32. The van der Waals surface area contributed by atoms with Crippen LogP contribution in [0, 0.1) is 6.92 Å². The first-order valence-corrected chi connectivity index (χ1v) is 4.31. The minimum Gasteiger partial charge on any atom is -0.259 e. The van der Waals surface area contributed by atoms with Gasteiger partial charge in [-0.1, -0.05) is 0 Å². The molecule has 0 aliphatic carbocycles. The van der Waals surface area contributed by atoms with Gasteiger partial charge in [0.1, 0.15) is 0 Å². The van der Waals surface area contributed by atoms with E-state index < -0.39 is 0 Å². The molecule has 1 rings (SSSR count). The number of isothiocyanates is 1. The lowest BCUT2D eigenvalue weighted by Gasteiger charge is -1.86. The Bertz CT molecular complexity index is 377. The third-order valence-electron chi connectivity index (χ3n) is 1.64. The van der Waals surface area contributed by atoms with E-state index in [4.69, 9.17) is 0 Å². The maximum atomic E-state index is 11.3. The van der Waals surface area contributed by atoms with Gasteiger partial charge in [0.05, 0.1) is 10.9 Å². The zero-order valence-corrected chi connectivity index (χ0v) is 8.31. The van der Waals surface area contributed by atoms with Crippen molar-refractivity contribution < 1.29 is 9.48 Å². The van der Waals surface area contributed by atoms with Crippen molar-refractivity contribution in [2.75, 3.05) is 0 Å². The Kier molecular flexibility index (Phi) is 3.06. The highest BCUT2D eigenvalue weighted by molar-refractivity contribution is 7.78. The van der Waals surface area contributed by atoms with E-state index in [0.29, 0.717) is 12.2 Å². The molecule has 0 radical (unpaired) electrons. The van der Waals surface area contributed by atoms with Crippen LogP contribution in [-0.4, -0.2) is 16.2 Å². The summed E-state index contributed by atoms with van der Waals surface area (Å²) < 4.78 is 1.72. The largest absolute Gasteiger partial charge is 0.352 e. The summed E-state index contributed by atoms with van der Waals surface area (Å²) >= 11 is 4.36. The fraction of sp³-hybridized carbons (Fsp3) is 0.375. The molecule has 5 heteroatoms. The fourth-order valence-corrected chi connectivity index (χ4v) is 1.20. The van der Waals surface area contributed by atoms with E-state index in [1.165, 1.54) is 0 Å². The molecular formula is C8H10N3OS+. The van der Waals surface area contributed by atoms with E-state index >= 15 is 0 Å². The Morgan fingerprint density at radius 1 is 1.85 bits per heavy atom. The van der Waals surface area contributed by atoms with Gasteiger partial charge >= 0.3 is 5.91 Å². The number of aliphatic imine (C=N–C) groups is 1. The van der Waals surface area contributed by atoms with Crippen LogP contribution in [-0.2, 0) is 6.54 Å². The summed E-state index contributed by atoms with van der Waals surface area (Å²) in [6.45, 7) is 4.51. The molecule has 0 unspecified atom stereocenters. The summed E-state index contributed by atoms with van der Waals surface area (Å²) in [5, 5.41) is 5.07. The van der Waals surface area contributed by atoms with Crippen molar-refractivity contribution >= 4 is 23.3 Å². The summed E-state index contributed by atoms with van der Waals surface area (Å²) in [5.41, 5.74) is 1.43. The van der Waals surface area contributed by atoms with Crippen molar-refractivity contribution in [3.63, 3.8) is 0 Å². The van der Waals surface area contributed by atoms with Gasteiger partial charge in [-0.15, -0.1) is 9.67 Å². The molecule has 0 bridgehead atoms. The molecule has 0 fully saturated rings. The van der Waals surface area contributed by atoms with Crippen LogP contribution in [0.15, 0.2) is 11.1 Å². The molecule has 1 aromatic rings. The van der Waals surface area contributed by atoms with E-state index in [1.54, 1.807) is 10.7 Å². The van der Waals surface area contributed by atoms with Crippen LogP contribution < -0.4 is 4.68 Å². The van der Waals surface area contributed by atoms with E-state index in [2.05, 4.69) is 27.5 Å². The number of carbonyl (C=O) groups is 1. The number of aromatic amines is 1. The van der Waals surface area contributed by atoms with Gasteiger partial charge in [-0.05, 0) is 26.1 Å². The standard InChI is InChI=1S/C8H9N3OS/c1-3-11-7(4-6(2)10-11)8(12)9-5-13/h4H,3H2,1-2H3/p+1. The monoisotopic (exact) mass is 196 g/mol. The predicted octanol–water partition coefficient (Wildman–Crippen LogP) is 0.874. The highest BCUT2D eigenvalue weighted by atomic mass is 32.1. The van der Waals surface area contributed by atoms with Gasteiger partial charge in [-0.25, -0.2) is 0 Å². The quantitative estimate of drug-likeness (QED) is 0.433. The lowest BCUT2D eigenvalue weighted by Crippen LogP contribution is -2.39. The first-order valence-electron chi connectivity index (χ1n) is 3.90. The van der Waals surface area contributed by atoms with Gasteiger partial charge in [-0.2, -0.15) is 5.10 Å². The number of rotatable bonds is 2. The Morgan fingerprint density at radius 3 is 3.08 bits per heavy atom. The van der Waals surface area contributed by atoms with Gasteiger partial charge in [0.15, 0.2) is 6.54 Å². The number of nitrogens with zero attached hydrogens (tertiary/aromatic N) is 2. The summed E-state index contributed by atoms with van der Waals surface area (Å²) in [7, 11) is 0. The molecule has 4 nitrogen and oxygen atoms in total. The lowest BCUT2D eigenvalue weighted by molar-refractivity contribution is -0.748. The maximum Gasteiger partial charge on any atom is 0.352 e. The predicted molar refractivity (Wildman–Crippen MR) is 50.8 cm³/mol. The molecule has 1 N–H and O–H groups in total. The van der Waals surface area contributed by atoms with Crippen molar-refractivity contribution in [1.29, 1.82) is 0 Å². The van der Waals surface area contributed by atoms with Crippen LogP contribution in [0.4, 0.5) is 0 Å². The molecule has 0 atom stereocenters. The second-order valence-electron chi connectivity index (χ2n) is 2.58. The van der Waals surface area contributed by atoms with E-state index in [0.717, 1.165) is 5.69 Å². The zero-order valence-electron chi connectivity index (χ0n) is 7.50. The van der Waals surface area contributed by atoms with Crippen molar-refractivity contribution in [1.82, 2.24) is 5.10 Å². The SMILES string of the molecule is CC[n+]1[nH]c(C)cc1C(=O)N=C=S. The molecule has 0 spiro atoms. The van der Waals surface area contributed by atoms with Gasteiger partial charge in [-0.3, -0.25) is 4.79 Å². The molecule has 0 saturated carbocycles. The van der Waals surface area contributed by atoms with Crippen molar-refractivity contribution in [2.45, 2.75) is 20.4 Å². The third kappa shape index (κ3) is 2.08. The summed E-state index contributed by atoms with van der Waals surface area (Å²) in [5.74, 6) is -0.360. The minimum absolute atomic E-state index is 0.360. The van der Waals surface area contributed by atoms with Crippen molar-refractivity contribution in [2.24, 2.45) is 4.99 Å². The molecular weight excluding hydrogens is 186 g/mol. The van der Waals surface area contributed by atoms with Crippen molar-refractivity contribution in [3.8, 4) is 0 Å². The number of aromatic nitrogens is 2. The van der Waals surface area contributed by atoms with E-state index in [-0.39, 0.29) is 5.91 Å². The molecule has 1 aromatic heterocycles. The number of thiocarbonyl (C=S) groups is 1. The Morgan fingerprint density at radius 2 is 2.54 bits per heavy atom. The van der Waals surface area contributed by atoms with Gasteiger partial charge in [0.25, 0.3) is 5.69 Å². The number of amides is 1. The third-order valence-corrected chi connectivity index (χ3v) is 1.73. The number of H-pyrrole nitrogens is 1. The first-order chi connectivity index (χ1) is 6.19. The average molecular weight is 196 g/mol. The molecule has 0 saturated heterocycles. The molecule has 0 aliphatic heterocycles. The highest BCUT2D eigenvalue weighted by Gasteiger charge is 2.20. The van der Waals surface area contributed by atoms with Crippen LogP contribution in [0.1, 0.15) is 23.1 Å². The van der Waals surface area contributed by atoms with Crippen LogP contribution in [0.3, 0.4) is 0 Å².